The molecule has 1 N–H and O–H groups in total. The summed E-state index contributed by atoms with van der Waals surface area (Å²) in [5.41, 5.74) is 6.95. The average molecular weight is 487 g/mol. The lowest BCUT2D eigenvalue weighted by atomic mass is 9.77. The second kappa shape index (κ2) is 10.4. The quantitative estimate of drug-likeness (QED) is 0.214. The Morgan fingerprint density at radius 1 is 0.892 bits per heavy atom. The summed E-state index contributed by atoms with van der Waals surface area (Å²) >= 11 is 0. The van der Waals surface area contributed by atoms with E-state index in [2.05, 4.69) is 66.0 Å². The fraction of sp³-hybridized carbons (Fsp3) is 0.182. The van der Waals surface area contributed by atoms with Crippen LogP contribution in [0.25, 0.3) is 0 Å². The van der Waals surface area contributed by atoms with Crippen molar-refractivity contribution in [3.63, 3.8) is 0 Å². The van der Waals surface area contributed by atoms with Crippen molar-refractivity contribution in [2.45, 2.75) is 25.0 Å². The molecule has 0 saturated heterocycles. The number of ether oxygens (including phenoxy) is 2. The summed E-state index contributed by atoms with van der Waals surface area (Å²) in [7, 11) is 1.66. The minimum atomic E-state index is 0.292. The minimum absolute atomic E-state index is 0.292. The largest absolute Gasteiger partial charge is 0.493 e. The summed E-state index contributed by atoms with van der Waals surface area (Å²) in [5, 5.41) is 3.80. The molecule has 0 fully saturated rings. The van der Waals surface area contributed by atoms with Crippen molar-refractivity contribution >= 4 is 17.6 Å². The molecule has 184 valence electrons. The van der Waals surface area contributed by atoms with Crippen molar-refractivity contribution in [1.82, 2.24) is 0 Å². The summed E-state index contributed by atoms with van der Waals surface area (Å²) < 4.78 is 11.5. The van der Waals surface area contributed by atoms with Crippen molar-refractivity contribution in [3.8, 4) is 11.5 Å². The molecule has 6 rings (SSSR count). The molecule has 0 bridgehead atoms. The highest BCUT2D eigenvalue weighted by atomic mass is 16.5. The molecule has 37 heavy (non-hydrogen) atoms. The number of hydrogen-bond donors (Lipinski definition) is 1. The Hall–Kier alpha value is -4.31. The number of methoxy groups -OCH3 is 1. The number of nitrogens with one attached hydrogen (secondary N) is 1. The molecule has 1 aliphatic heterocycles. The van der Waals surface area contributed by atoms with Gasteiger partial charge in [0.25, 0.3) is 0 Å². The molecule has 0 aromatic heterocycles. The Labute approximate surface area is 218 Å². The first-order valence-corrected chi connectivity index (χ1v) is 12.8. The second-order valence-electron chi connectivity index (χ2n) is 9.60. The van der Waals surface area contributed by atoms with E-state index in [9.17, 15) is 0 Å². The number of nitrogens with zero attached hydrogens (tertiary/aromatic N) is 1. The van der Waals surface area contributed by atoms with Crippen LogP contribution in [-0.4, -0.2) is 13.3 Å². The third-order valence-electron chi connectivity index (χ3n) is 7.31. The van der Waals surface area contributed by atoms with Crippen LogP contribution in [0.15, 0.2) is 114 Å². The maximum absolute atomic E-state index is 5.97. The average Bonchev–Trinajstić information content (AvgIpc) is 3.46. The van der Waals surface area contributed by atoms with Crippen LogP contribution in [0.1, 0.15) is 40.6 Å². The van der Waals surface area contributed by atoms with Gasteiger partial charge in [-0.25, -0.2) is 0 Å². The lowest BCUT2D eigenvalue weighted by Crippen LogP contribution is -2.28. The van der Waals surface area contributed by atoms with E-state index in [4.69, 9.17) is 14.5 Å². The lowest BCUT2D eigenvalue weighted by molar-refractivity contribution is 0.284. The summed E-state index contributed by atoms with van der Waals surface area (Å²) in [6.45, 7) is 0.496. The van der Waals surface area contributed by atoms with Crippen LogP contribution < -0.4 is 14.8 Å². The van der Waals surface area contributed by atoms with Gasteiger partial charge in [0, 0.05) is 17.8 Å². The molecule has 4 aromatic carbocycles. The summed E-state index contributed by atoms with van der Waals surface area (Å²) in [5.74, 6) is 2.43. The summed E-state index contributed by atoms with van der Waals surface area (Å²) in [6, 6.07) is 33.6. The minimum Gasteiger partial charge on any atom is -0.493 e. The van der Waals surface area contributed by atoms with E-state index in [1.54, 1.807) is 7.11 Å². The number of fused-ring (bicyclic) bond motifs is 3. The Balaban J connectivity index is 1.15. The van der Waals surface area contributed by atoms with Crippen LogP contribution in [-0.2, 0) is 6.61 Å². The van der Waals surface area contributed by atoms with Crippen molar-refractivity contribution in [2.24, 2.45) is 10.9 Å². The van der Waals surface area contributed by atoms with E-state index < -0.39 is 0 Å². The zero-order valence-electron chi connectivity index (χ0n) is 20.9. The molecule has 0 unspecified atom stereocenters. The summed E-state index contributed by atoms with van der Waals surface area (Å²) in [4.78, 5) is 4.71. The predicted octanol–water partition coefficient (Wildman–Crippen LogP) is 7.85. The van der Waals surface area contributed by atoms with Gasteiger partial charge in [-0.05, 0) is 71.0 Å². The molecular weight excluding hydrogens is 456 g/mol. The standard InChI is InChI=1S/C33H30N2O2/c1-36-32-20-24(14-19-31(32)37-22-23-8-3-2-4-9-23)21-34-26-17-15-25(16-18-26)33-29-12-7-11-27(29)28-10-5-6-13-30(28)35-33/h2-11,13-21,27,29,33,35H,12,22H2,1H3/t27-,29+,33+/m1/s1. The number of allylic oxidation sites excluding steroid dienone is 2. The zero-order chi connectivity index (χ0) is 25.0. The van der Waals surface area contributed by atoms with Crippen molar-refractivity contribution in [3.05, 3.63) is 131 Å². The topological polar surface area (TPSA) is 42.8 Å². The third kappa shape index (κ3) is 4.88. The highest BCUT2D eigenvalue weighted by Gasteiger charge is 2.37. The molecule has 1 heterocycles. The van der Waals surface area contributed by atoms with Crippen LogP contribution in [0, 0.1) is 5.92 Å². The Morgan fingerprint density at radius 2 is 1.70 bits per heavy atom. The lowest BCUT2D eigenvalue weighted by Gasteiger charge is -2.37. The van der Waals surface area contributed by atoms with E-state index in [-0.39, 0.29) is 0 Å². The number of para-hydroxylation sites is 1. The molecule has 0 radical (unpaired) electrons. The Morgan fingerprint density at radius 3 is 2.54 bits per heavy atom. The smallest absolute Gasteiger partial charge is 0.161 e. The number of anilines is 1. The SMILES string of the molecule is COc1cc(C=Nc2ccc([C@@H]3Nc4ccccc4[C@H]4C=CC[C@@H]43)cc2)ccc1OCc1ccccc1. The van der Waals surface area contributed by atoms with Gasteiger partial charge >= 0.3 is 0 Å². The predicted molar refractivity (Wildman–Crippen MR) is 150 cm³/mol. The molecule has 3 atom stereocenters. The van der Waals surface area contributed by atoms with Gasteiger partial charge in [0.05, 0.1) is 18.8 Å². The molecule has 0 amide bonds. The number of benzene rings is 4. The molecule has 0 spiro atoms. The van der Waals surface area contributed by atoms with E-state index in [1.165, 1.54) is 16.8 Å². The van der Waals surface area contributed by atoms with Crippen molar-refractivity contribution in [1.29, 1.82) is 0 Å². The molecule has 4 nitrogen and oxygen atoms in total. The van der Waals surface area contributed by atoms with Gasteiger partial charge < -0.3 is 14.8 Å². The molecule has 4 heteroatoms. The van der Waals surface area contributed by atoms with E-state index in [1.807, 2.05) is 54.7 Å². The molecule has 0 saturated carbocycles. The normalized spacial score (nSPS) is 19.8. The van der Waals surface area contributed by atoms with E-state index in [0.717, 1.165) is 23.2 Å². The first-order valence-electron chi connectivity index (χ1n) is 12.8. The van der Waals surface area contributed by atoms with Crippen LogP contribution >= 0.6 is 0 Å². The highest BCUT2D eigenvalue weighted by molar-refractivity contribution is 5.83. The first-order chi connectivity index (χ1) is 18.3. The van der Waals surface area contributed by atoms with E-state index >= 15 is 0 Å². The molecule has 2 aliphatic rings. The monoisotopic (exact) mass is 486 g/mol. The van der Waals surface area contributed by atoms with Crippen LogP contribution in [0.3, 0.4) is 0 Å². The van der Waals surface area contributed by atoms with Crippen LogP contribution in [0.4, 0.5) is 11.4 Å². The van der Waals surface area contributed by atoms with Gasteiger partial charge in [-0.15, -0.1) is 0 Å². The zero-order valence-corrected chi connectivity index (χ0v) is 20.9. The van der Waals surface area contributed by atoms with Gasteiger partial charge in [-0.1, -0.05) is 72.8 Å². The second-order valence-corrected chi connectivity index (χ2v) is 9.60. The summed E-state index contributed by atoms with van der Waals surface area (Å²) in [6.07, 6.45) is 7.67. The number of hydrogen-bond acceptors (Lipinski definition) is 4. The maximum Gasteiger partial charge on any atom is 0.161 e. The van der Waals surface area contributed by atoms with Crippen molar-refractivity contribution < 1.29 is 9.47 Å². The van der Waals surface area contributed by atoms with Crippen LogP contribution in [0.5, 0.6) is 11.5 Å². The van der Waals surface area contributed by atoms with E-state index in [0.29, 0.717) is 36.0 Å². The molecule has 4 aromatic rings. The fourth-order valence-corrected chi connectivity index (χ4v) is 5.41. The first kappa shape index (κ1) is 23.1. The van der Waals surface area contributed by atoms with Gasteiger partial charge in [-0.2, -0.15) is 0 Å². The third-order valence-corrected chi connectivity index (χ3v) is 7.31. The Bertz CT molecular complexity index is 1430. The molecular formula is C33H30N2O2. The fourth-order valence-electron chi connectivity index (χ4n) is 5.41. The number of rotatable bonds is 7. The molecule has 1 aliphatic carbocycles. The van der Waals surface area contributed by atoms with Gasteiger partial charge in [0.2, 0.25) is 0 Å². The van der Waals surface area contributed by atoms with Gasteiger partial charge in [0.15, 0.2) is 11.5 Å². The number of aliphatic imine (C=N–C) groups is 1. The van der Waals surface area contributed by atoms with Crippen LogP contribution in [0.2, 0.25) is 0 Å². The van der Waals surface area contributed by atoms with Crippen molar-refractivity contribution in [2.75, 3.05) is 12.4 Å². The van der Waals surface area contributed by atoms with Gasteiger partial charge in [0.1, 0.15) is 6.61 Å². The maximum atomic E-state index is 5.97. The van der Waals surface area contributed by atoms with Gasteiger partial charge in [-0.3, -0.25) is 4.99 Å². The Kier molecular flexibility index (Phi) is 6.47. The highest BCUT2D eigenvalue weighted by Crippen LogP contribution is 2.49.